The summed E-state index contributed by atoms with van der Waals surface area (Å²) in [5.74, 6) is 1.47. The van der Waals surface area contributed by atoms with Crippen LogP contribution in [0.2, 0.25) is 0 Å². The predicted octanol–water partition coefficient (Wildman–Crippen LogP) is 3.48. The van der Waals surface area contributed by atoms with Crippen molar-refractivity contribution in [2.24, 2.45) is 0 Å². The van der Waals surface area contributed by atoms with Gasteiger partial charge in [-0.3, -0.25) is 5.10 Å². The van der Waals surface area contributed by atoms with Crippen molar-refractivity contribution >= 4 is 0 Å². The van der Waals surface area contributed by atoms with Gasteiger partial charge in [-0.25, -0.2) is 0 Å². The summed E-state index contributed by atoms with van der Waals surface area (Å²) in [4.78, 5) is 0. The minimum absolute atomic E-state index is 0.0949. The average molecular weight is 325 g/mol. The highest BCUT2D eigenvalue weighted by atomic mass is 16.5. The fraction of sp³-hybridized carbons (Fsp3) is 0.222. The Hall–Kier alpha value is -3.02. The van der Waals surface area contributed by atoms with Crippen LogP contribution in [0.4, 0.5) is 0 Å². The first-order valence-corrected chi connectivity index (χ1v) is 7.49. The Labute approximate surface area is 140 Å². The zero-order chi connectivity index (χ0) is 17.3. The van der Waals surface area contributed by atoms with Crippen LogP contribution in [0, 0.1) is 13.8 Å². The first-order valence-electron chi connectivity index (χ1n) is 7.49. The molecule has 124 valence electrons. The van der Waals surface area contributed by atoms with Crippen LogP contribution < -0.4 is 9.47 Å². The molecule has 1 heterocycles. The van der Waals surface area contributed by atoms with Gasteiger partial charge in [-0.1, -0.05) is 5.21 Å². The van der Waals surface area contributed by atoms with Crippen LogP contribution in [-0.4, -0.2) is 34.7 Å². The number of H-pyrrole nitrogens is 1. The molecule has 0 spiro atoms. The van der Waals surface area contributed by atoms with Gasteiger partial charge in [0.25, 0.3) is 0 Å². The molecular formula is C18H19N3O3. The van der Waals surface area contributed by atoms with Gasteiger partial charge in [0.15, 0.2) is 0 Å². The maximum Gasteiger partial charge on any atom is 0.128 e. The Bertz CT molecular complexity index is 887. The van der Waals surface area contributed by atoms with E-state index in [0.717, 1.165) is 22.4 Å². The summed E-state index contributed by atoms with van der Waals surface area (Å²) < 4.78 is 10.6. The number of benzene rings is 2. The van der Waals surface area contributed by atoms with Crippen molar-refractivity contribution in [2.75, 3.05) is 14.2 Å². The van der Waals surface area contributed by atoms with E-state index < -0.39 is 0 Å². The van der Waals surface area contributed by atoms with Crippen molar-refractivity contribution in [3.8, 4) is 39.8 Å². The van der Waals surface area contributed by atoms with Gasteiger partial charge in [0.2, 0.25) is 0 Å². The lowest BCUT2D eigenvalue weighted by Gasteiger charge is -2.11. The number of hydrogen-bond acceptors (Lipinski definition) is 5. The quantitative estimate of drug-likeness (QED) is 0.767. The molecule has 0 aliphatic rings. The van der Waals surface area contributed by atoms with Crippen LogP contribution >= 0.6 is 0 Å². The molecule has 0 fully saturated rings. The molecule has 0 aliphatic heterocycles. The van der Waals surface area contributed by atoms with Gasteiger partial charge < -0.3 is 14.6 Å². The first-order chi connectivity index (χ1) is 11.5. The summed E-state index contributed by atoms with van der Waals surface area (Å²) in [6, 6.07) is 9.05. The van der Waals surface area contributed by atoms with E-state index in [9.17, 15) is 5.11 Å². The van der Waals surface area contributed by atoms with Crippen molar-refractivity contribution in [1.29, 1.82) is 0 Å². The molecule has 0 amide bonds. The topological polar surface area (TPSA) is 80.3 Å². The van der Waals surface area contributed by atoms with Crippen molar-refractivity contribution in [2.45, 2.75) is 13.8 Å². The molecule has 1 aromatic heterocycles. The van der Waals surface area contributed by atoms with Crippen molar-refractivity contribution in [1.82, 2.24) is 15.4 Å². The number of nitrogens with one attached hydrogen (secondary N) is 1. The highest BCUT2D eigenvalue weighted by Gasteiger charge is 2.17. The number of phenolic OH excluding ortho intramolecular Hbond substituents is 1. The number of hydrogen-bond donors (Lipinski definition) is 2. The van der Waals surface area contributed by atoms with Crippen molar-refractivity contribution in [3.63, 3.8) is 0 Å². The summed E-state index contributed by atoms with van der Waals surface area (Å²) in [7, 11) is 3.20. The van der Waals surface area contributed by atoms with Crippen LogP contribution in [-0.2, 0) is 0 Å². The molecule has 0 unspecified atom stereocenters. The second-order valence-electron chi connectivity index (χ2n) is 5.54. The second kappa shape index (κ2) is 6.23. The number of nitrogens with zero attached hydrogens (tertiary/aromatic N) is 2. The Balaban J connectivity index is 2.14. The third-order valence-electron chi connectivity index (χ3n) is 4.14. The summed E-state index contributed by atoms with van der Waals surface area (Å²) in [6.45, 7) is 4.03. The third-order valence-corrected chi connectivity index (χ3v) is 4.14. The average Bonchev–Trinajstić information content (AvgIpc) is 3.06. The van der Waals surface area contributed by atoms with E-state index in [4.69, 9.17) is 9.47 Å². The molecule has 24 heavy (non-hydrogen) atoms. The van der Waals surface area contributed by atoms with Crippen LogP contribution in [0.1, 0.15) is 11.1 Å². The maximum absolute atomic E-state index is 10.3. The maximum atomic E-state index is 10.3. The van der Waals surface area contributed by atoms with Crippen LogP contribution in [0.15, 0.2) is 30.3 Å². The number of methoxy groups -OCH3 is 2. The van der Waals surface area contributed by atoms with Crippen molar-refractivity contribution in [3.05, 3.63) is 41.5 Å². The van der Waals surface area contributed by atoms with Crippen LogP contribution in [0.5, 0.6) is 17.2 Å². The molecule has 0 saturated heterocycles. The standard InChI is InChI=1S/C18H19N3O3/c1-10-7-12(8-16(24-4)11(10)2)17-18(20-21-19-17)14-6-5-13(23-3)9-15(14)22/h5-9,22H,1-4H3,(H,19,20,21). The Morgan fingerprint density at radius 3 is 2.50 bits per heavy atom. The summed E-state index contributed by atoms with van der Waals surface area (Å²) in [6.07, 6.45) is 0. The molecule has 3 aromatic rings. The molecule has 0 aliphatic carbocycles. The van der Waals surface area contributed by atoms with E-state index in [0.29, 0.717) is 22.7 Å². The number of aryl methyl sites for hydroxylation is 1. The van der Waals surface area contributed by atoms with Gasteiger partial charge in [-0.15, -0.1) is 5.10 Å². The zero-order valence-corrected chi connectivity index (χ0v) is 14.0. The Morgan fingerprint density at radius 2 is 1.83 bits per heavy atom. The number of aromatic hydroxyl groups is 1. The SMILES string of the molecule is COc1ccc(-c2[nH]nnc2-c2cc(C)c(C)c(OC)c2)c(O)c1. The third kappa shape index (κ3) is 2.67. The lowest BCUT2D eigenvalue weighted by molar-refractivity contribution is 0.408. The van der Waals surface area contributed by atoms with E-state index in [1.54, 1.807) is 32.4 Å². The largest absolute Gasteiger partial charge is 0.507 e. The number of aromatic nitrogens is 3. The number of aromatic amines is 1. The van der Waals surface area contributed by atoms with Gasteiger partial charge in [0.1, 0.15) is 22.9 Å². The smallest absolute Gasteiger partial charge is 0.128 e. The minimum atomic E-state index is 0.0949. The summed E-state index contributed by atoms with van der Waals surface area (Å²) >= 11 is 0. The number of phenols is 1. The molecule has 2 N–H and O–H groups in total. The highest BCUT2D eigenvalue weighted by Crippen LogP contribution is 2.37. The van der Waals surface area contributed by atoms with E-state index in [1.807, 2.05) is 26.0 Å². The molecule has 0 radical (unpaired) electrons. The summed E-state index contributed by atoms with van der Waals surface area (Å²) in [5.41, 5.74) is 4.94. The van der Waals surface area contributed by atoms with Gasteiger partial charge in [-0.05, 0) is 49.2 Å². The molecule has 0 bridgehead atoms. The number of ether oxygens (including phenoxy) is 2. The first kappa shape index (κ1) is 15.9. The molecule has 3 rings (SSSR count). The lowest BCUT2D eigenvalue weighted by atomic mass is 9.99. The van der Waals surface area contributed by atoms with Gasteiger partial charge in [-0.2, -0.15) is 0 Å². The van der Waals surface area contributed by atoms with Gasteiger partial charge >= 0.3 is 0 Å². The molecule has 6 nitrogen and oxygen atoms in total. The van der Waals surface area contributed by atoms with Crippen LogP contribution in [0.3, 0.4) is 0 Å². The number of rotatable bonds is 4. The second-order valence-corrected chi connectivity index (χ2v) is 5.54. The fourth-order valence-electron chi connectivity index (χ4n) is 2.64. The molecule has 6 heteroatoms. The lowest BCUT2D eigenvalue weighted by Crippen LogP contribution is -1.93. The van der Waals surface area contributed by atoms with Gasteiger partial charge in [0, 0.05) is 17.2 Å². The molecular weight excluding hydrogens is 306 g/mol. The zero-order valence-electron chi connectivity index (χ0n) is 14.0. The minimum Gasteiger partial charge on any atom is -0.507 e. The monoisotopic (exact) mass is 325 g/mol. The van der Waals surface area contributed by atoms with E-state index in [2.05, 4.69) is 15.4 Å². The molecule has 2 aromatic carbocycles. The summed E-state index contributed by atoms with van der Waals surface area (Å²) in [5, 5.41) is 21.2. The predicted molar refractivity (Wildman–Crippen MR) is 91.5 cm³/mol. The van der Waals surface area contributed by atoms with E-state index >= 15 is 0 Å². The van der Waals surface area contributed by atoms with Crippen LogP contribution in [0.25, 0.3) is 22.5 Å². The fourth-order valence-corrected chi connectivity index (χ4v) is 2.64. The Morgan fingerprint density at radius 1 is 1.04 bits per heavy atom. The van der Waals surface area contributed by atoms with Gasteiger partial charge in [0.05, 0.1) is 19.9 Å². The Kier molecular flexibility index (Phi) is 4.12. The van der Waals surface area contributed by atoms with Crippen molar-refractivity contribution < 1.29 is 14.6 Å². The highest BCUT2D eigenvalue weighted by molar-refractivity contribution is 5.81. The molecule has 0 atom stereocenters. The van der Waals surface area contributed by atoms with E-state index in [-0.39, 0.29) is 5.75 Å². The molecule has 0 saturated carbocycles. The normalized spacial score (nSPS) is 10.7. The van der Waals surface area contributed by atoms with E-state index in [1.165, 1.54) is 0 Å².